The van der Waals surface area contributed by atoms with Crippen molar-refractivity contribution in [2.24, 2.45) is 0 Å². The normalized spacial score (nSPS) is 17.6. The Hall–Kier alpha value is -1.01. The van der Waals surface area contributed by atoms with Crippen LogP contribution in [0.4, 0.5) is 4.79 Å². The van der Waals surface area contributed by atoms with Gasteiger partial charge in [0.15, 0.2) is 6.07 Å². The van der Waals surface area contributed by atoms with Crippen molar-refractivity contribution in [3.63, 3.8) is 0 Å². The molecule has 1 fully saturated rings. The summed E-state index contributed by atoms with van der Waals surface area (Å²) >= 11 is 5.32. The predicted octanol–water partition coefficient (Wildman–Crippen LogP) is 1.71. The number of rotatable bonds is 4. The van der Waals surface area contributed by atoms with E-state index in [0.29, 0.717) is 0 Å². The molecule has 116 valence electrons. The lowest BCUT2D eigenvalue weighted by molar-refractivity contribution is -0.143. The van der Waals surface area contributed by atoms with Crippen molar-refractivity contribution in [3.8, 4) is 0 Å². The van der Waals surface area contributed by atoms with Gasteiger partial charge < -0.3 is 14.8 Å². The molecule has 7 heteroatoms. The van der Waals surface area contributed by atoms with Gasteiger partial charge in [0, 0.05) is 19.1 Å². The molecule has 0 bridgehead atoms. The summed E-state index contributed by atoms with van der Waals surface area (Å²) in [6.45, 7) is 7.20. The van der Waals surface area contributed by atoms with E-state index in [9.17, 15) is 9.59 Å². The van der Waals surface area contributed by atoms with E-state index in [-0.39, 0.29) is 24.6 Å². The molecule has 0 spiro atoms. The number of carbonyl (C=O) groups is 2. The lowest BCUT2D eigenvalue weighted by Gasteiger charge is -2.32. The summed E-state index contributed by atoms with van der Waals surface area (Å²) < 4.78 is 9.90. The summed E-state index contributed by atoms with van der Waals surface area (Å²) in [5.41, 5.74) is -0.490. The smallest absolute Gasteiger partial charge is 0.407 e. The van der Waals surface area contributed by atoms with Crippen molar-refractivity contribution >= 4 is 23.7 Å². The third-order valence-corrected chi connectivity index (χ3v) is 2.99. The Kier molecular flexibility index (Phi) is 6.55. The van der Waals surface area contributed by atoms with Crippen LogP contribution in [0.25, 0.3) is 0 Å². The number of alkyl carbamates (subject to hydrolysis) is 1. The van der Waals surface area contributed by atoms with Gasteiger partial charge in [-0.1, -0.05) is 11.6 Å². The van der Waals surface area contributed by atoms with Crippen LogP contribution in [-0.2, 0) is 14.3 Å². The van der Waals surface area contributed by atoms with Crippen LogP contribution in [0.3, 0.4) is 0 Å². The lowest BCUT2D eigenvalue weighted by Crippen LogP contribution is -2.47. The van der Waals surface area contributed by atoms with Gasteiger partial charge in [-0.05, 0) is 33.6 Å². The molecule has 6 nitrogen and oxygen atoms in total. The van der Waals surface area contributed by atoms with Crippen LogP contribution in [0.5, 0.6) is 0 Å². The second-order valence-electron chi connectivity index (χ2n) is 5.82. The van der Waals surface area contributed by atoms with Gasteiger partial charge in [-0.25, -0.2) is 4.79 Å². The standard InChI is InChI=1S/C13H23ClN2O4/c1-13(2,3)20-12(18)15-10-4-6-16(7-5-10)8-11(17)19-9-14/h10H,4-9H2,1-3H3,(H,15,18). The van der Waals surface area contributed by atoms with Crippen molar-refractivity contribution in [2.75, 3.05) is 25.7 Å². The second-order valence-corrected chi connectivity index (χ2v) is 6.04. The maximum Gasteiger partial charge on any atom is 0.407 e. The van der Waals surface area contributed by atoms with E-state index < -0.39 is 11.7 Å². The fraction of sp³-hybridized carbons (Fsp3) is 0.846. The van der Waals surface area contributed by atoms with Crippen LogP contribution in [0, 0.1) is 0 Å². The summed E-state index contributed by atoms with van der Waals surface area (Å²) in [6, 6.07) is -0.0275. The number of carbonyl (C=O) groups excluding carboxylic acids is 2. The molecule has 1 amide bonds. The summed E-state index contributed by atoms with van der Waals surface area (Å²) in [5, 5.41) is 2.85. The van der Waals surface area contributed by atoms with E-state index in [4.69, 9.17) is 16.3 Å². The molecule has 0 atom stereocenters. The minimum absolute atomic E-state index is 0.0881. The molecule has 0 radical (unpaired) electrons. The molecule has 1 heterocycles. The van der Waals surface area contributed by atoms with Crippen LogP contribution < -0.4 is 5.32 Å². The summed E-state index contributed by atoms with van der Waals surface area (Å²) in [7, 11) is 0. The minimum Gasteiger partial charge on any atom is -0.448 e. The van der Waals surface area contributed by atoms with Gasteiger partial charge in [-0.3, -0.25) is 9.69 Å². The zero-order valence-corrected chi connectivity index (χ0v) is 13.0. The van der Waals surface area contributed by atoms with Crippen LogP contribution in [0.15, 0.2) is 0 Å². The number of nitrogens with zero attached hydrogens (tertiary/aromatic N) is 1. The number of hydrogen-bond donors (Lipinski definition) is 1. The number of piperidine rings is 1. The van der Waals surface area contributed by atoms with Gasteiger partial charge in [-0.2, -0.15) is 0 Å². The molecule has 0 unspecified atom stereocenters. The number of esters is 1. The zero-order valence-electron chi connectivity index (χ0n) is 12.3. The molecule has 1 aliphatic heterocycles. The summed E-state index contributed by atoms with van der Waals surface area (Å²) in [6.07, 6.45) is 1.18. The van der Waals surface area contributed by atoms with E-state index >= 15 is 0 Å². The molecule has 0 aromatic heterocycles. The van der Waals surface area contributed by atoms with E-state index in [1.54, 1.807) is 0 Å². The van der Waals surface area contributed by atoms with Gasteiger partial charge in [-0.15, -0.1) is 0 Å². The van der Waals surface area contributed by atoms with E-state index in [1.165, 1.54) is 0 Å². The third kappa shape index (κ3) is 6.96. The highest BCUT2D eigenvalue weighted by molar-refractivity contribution is 6.17. The largest absolute Gasteiger partial charge is 0.448 e. The first-order chi connectivity index (χ1) is 9.30. The van der Waals surface area contributed by atoms with Gasteiger partial charge in [0.1, 0.15) is 5.60 Å². The molecule has 0 aromatic carbocycles. The fourth-order valence-electron chi connectivity index (χ4n) is 2.00. The topological polar surface area (TPSA) is 67.9 Å². The number of ether oxygens (including phenoxy) is 2. The first-order valence-corrected chi connectivity index (χ1v) is 7.27. The molecule has 1 N–H and O–H groups in total. The average Bonchev–Trinajstić information content (AvgIpc) is 2.29. The molecule has 0 saturated carbocycles. The molecular weight excluding hydrogens is 284 g/mol. The Morgan fingerprint density at radius 1 is 1.30 bits per heavy atom. The summed E-state index contributed by atoms with van der Waals surface area (Å²) in [5.74, 6) is -0.321. The molecule has 0 aliphatic carbocycles. The van der Waals surface area contributed by atoms with Crippen LogP contribution >= 0.6 is 11.6 Å². The predicted molar refractivity (Wildman–Crippen MR) is 75.6 cm³/mol. The van der Waals surface area contributed by atoms with E-state index in [2.05, 4.69) is 10.1 Å². The Morgan fingerprint density at radius 2 is 1.90 bits per heavy atom. The number of hydrogen-bond acceptors (Lipinski definition) is 5. The average molecular weight is 307 g/mol. The second kappa shape index (κ2) is 7.69. The van der Waals surface area contributed by atoms with Crippen molar-refractivity contribution in [1.29, 1.82) is 0 Å². The van der Waals surface area contributed by atoms with Crippen LogP contribution in [0.2, 0.25) is 0 Å². The highest BCUT2D eigenvalue weighted by Gasteiger charge is 2.24. The van der Waals surface area contributed by atoms with Crippen molar-refractivity contribution in [2.45, 2.75) is 45.3 Å². The third-order valence-electron chi connectivity index (χ3n) is 2.88. The van der Waals surface area contributed by atoms with Crippen molar-refractivity contribution < 1.29 is 19.1 Å². The Balaban J connectivity index is 2.25. The molecule has 1 aliphatic rings. The number of amides is 1. The fourth-order valence-corrected chi connectivity index (χ4v) is 2.12. The maximum atomic E-state index is 11.6. The monoisotopic (exact) mass is 306 g/mol. The number of alkyl halides is 1. The lowest BCUT2D eigenvalue weighted by atomic mass is 10.1. The van der Waals surface area contributed by atoms with Gasteiger partial charge >= 0.3 is 12.1 Å². The van der Waals surface area contributed by atoms with Gasteiger partial charge in [0.05, 0.1) is 6.54 Å². The first kappa shape index (κ1) is 17.0. The zero-order chi connectivity index (χ0) is 15.2. The highest BCUT2D eigenvalue weighted by atomic mass is 35.5. The van der Waals surface area contributed by atoms with E-state index in [1.807, 2.05) is 25.7 Å². The van der Waals surface area contributed by atoms with Gasteiger partial charge in [0.25, 0.3) is 0 Å². The maximum absolute atomic E-state index is 11.6. The quantitative estimate of drug-likeness (QED) is 0.632. The number of likely N-dealkylation sites (tertiary alicyclic amines) is 1. The molecule has 1 saturated heterocycles. The SMILES string of the molecule is CC(C)(C)OC(=O)NC1CCN(CC(=O)OCCl)CC1. The Bertz CT molecular complexity index is 336. The molecule has 1 rings (SSSR count). The van der Waals surface area contributed by atoms with Crippen molar-refractivity contribution in [1.82, 2.24) is 10.2 Å². The Labute approximate surface area is 124 Å². The molecule has 0 aromatic rings. The molecular formula is C13H23ClN2O4. The number of halogens is 1. The van der Waals surface area contributed by atoms with Crippen LogP contribution in [-0.4, -0.2) is 54.3 Å². The van der Waals surface area contributed by atoms with Crippen molar-refractivity contribution in [3.05, 3.63) is 0 Å². The molecule has 20 heavy (non-hydrogen) atoms. The Morgan fingerprint density at radius 3 is 2.40 bits per heavy atom. The summed E-state index contributed by atoms with van der Waals surface area (Å²) in [4.78, 5) is 24.9. The first-order valence-electron chi connectivity index (χ1n) is 6.73. The van der Waals surface area contributed by atoms with Gasteiger partial charge in [0.2, 0.25) is 0 Å². The minimum atomic E-state index is -0.490. The van der Waals surface area contributed by atoms with E-state index in [0.717, 1.165) is 25.9 Å². The van der Waals surface area contributed by atoms with Crippen LogP contribution in [0.1, 0.15) is 33.6 Å². The highest BCUT2D eigenvalue weighted by Crippen LogP contribution is 2.12. The number of nitrogens with one attached hydrogen (secondary N) is 1.